The number of rotatable bonds is 2. The molecular weight excluding hydrogens is 313 g/mol. The minimum atomic E-state index is -4.48. The van der Waals surface area contributed by atoms with E-state index < -0.39 is 11.9 Å². The maximum atomic E-state index is 12.6. The predicted octanol–water partition coefficient (Wildman–Crippen LogP) is 2.74. The second kappa shape index (κ2) is 5.71. The maximum absolute atomic E-state index is 12.6. The molecule has 2 aromatic heterocycles. The number of alkyl halides is 3. The molecule has 1 fully saturated rings. The predicted molar refractivity (Wildman–Crippen MR) is 72.7 cm³/mol. The number of hydrogen-bond acceptors (Lipinski definition) is 4. The van der Waals surface area contributed by atoms with Crippen molar-refractivity contribution in [2.24, 2.45) is 0 Å². The van der Waals surface area contributed by atoms with E-state index in [0.717, 1.165) is 6.07 Å². The van der Waals surface area contributed by atoms with Crippen LogP contribution in [0.3, 0.4) is 0 Å². The molecule has 0 spiro atoms. The minimum absolute atomic E-state index is 0.172. The van der Waals surface area contributed by atoms with Crippen LogP contribution in [0.4, 0.5) is 13.2 Å². The topological polar surface area (TPSA) is 75.0 Å². The van der Waals surface area contributed by atoms with E-state index >= 15 is 0 Å². The highest BCUT2D eigenvalue weighted by atomic mass is 19.4. The van der Waals surface area contributed by atoms with Crippen molar-refractivity contribution >= 4 is 5.91 Å². The van der Waals surface area contributed by atoms with Crippen LogP contribution >= 0.6 is 0 Å². The number of aromatic amines is 1. The average molecular weight is 328 g/mol. The van der Waals surface area contributed by atoms with Crippen molar-refractivity contribution in [3.63, 3.8) is 0 Å². The number of halogens is 3. The quantitative estimate of drug-likeness (QED) is 0.920. The summed E-state index contributed by atoms with van der Waals surface area (Å²) < 4.78 is 43.0. The zero-order valence-corrected chi connectivity index (χ0v) is 12.4. The fourth-order valence-corrected chi connectivity index (χ4v) is 2.76. The Bertz CT molecular complexity index is 707. The molecule has 1 unspecified atom stereocenters. The summed E-state index contributed by atoms with van der Waals surface area (Å²) in [5.41, 5.74) is -0.0517. The number of H-pyrrole nitrogens is 1. The lowest BCUT2D eigenvalue weighted by atomic mass is 9.94. The fraction of sp³-hybridized carbons (Fsp3) is 0.500. The van der Waals surface area contributed by atoms with Crippen LogP contribution < -0.4 is 0 Å². The average Bonchev–Trinajstić information content (AvgIpc) is 3.15. The van der Waals surface area contributed by atoms with Crippen molar-refractivity contribution in [1.29, 1.82) is 0 Å². The summed E-state index contributed by atoms with van der Waals surface area (Å²) in [7, 11) is 0. The van der Waals surface area contributed by atoms with E-state index in [1.165, 1.54) is 6.39 Å². The highest BCUT2D eigenvalue weighted by Gasteiger charge is 2.35. The summed E-state index contributed by atoms with van der Waals surface area (Å²) in [4.78, 5) is 17.9. The van der Waals surface area contributed by atoms with Crippen LogP contribution in [0.1, 0.15) is 46.4 Å². The van der Waals surface area contributed by atoms with Gasteiger partial charge in [0.15, 0.2) is 12.1 Å². The van der Waals surface area contributed by atoms with Gasteiger partial charge < -0.3 is 9.32 Å². The van der Waals surface area contributed by atoms with Crippen LogP contribution in [0.15, 0.2) is 16.9 Å². The van der Waals surface area contributed by atoms with Crippen molar-refractivity contribution < 1.29 is 22.4 Å². The lowest BCUT2D eigenvalue weighted by Gasteiger charge is -2.31. The molecule has 3 rings (SSSR count). The number of amides is 1. The highest BCUT2D eigenvalue weighted by Crippen LogP contribution is 2.32. The number of carbonyl (C=O) groups excluding carboxylic acids is 1. The number of hydrogen-bond donors (Lipinski definition) is 1. The second-order valence-corrected chi connectivity index (χ2v) is 5.56. The second-order valence-electron chi connectivity index (χ2n) is 5.56. The van der Waals surface area contributed by atoms with E-state index in [1.54, 1.807) is 11.8 Å². The van der Waals surface area contributed by atoms with Gasteiger partial charge in [-0.05, 0) is 25.8 Å². The van der Waals surface area contributed by atoms with Gasteiger partial charge in [-0.2, -0.15) is 18.3 Å². The summed E-state index contributed by atoms with van der Waals surface area (Å²) in [6.45, 7) is 2.52. The number of nitrogens with one attached hydrogen (secondary N) is 1. The van der Waals surface area contributed by atoms with Gasteiger partial charge in [0.25, 0.3) is 5.91 Å². The van der Waals surface area contributed by atoms with Crippen molar-refractivity contribution in [2.45, 2.75) is 31.9 Å². The number of oxazole rings is 1. The molecule has 0 aromatic carbocycles. The van der Waals surface area contributed by atoms with Gasteiger partial charge in [-0.15, -0.1) is 0 Å². The number of likely N-dealkylation sites (tertiary alicyclic amines) is 1. The first-order valence-corrected chi connectivity index (χ1v) is 7.18. The molecule has 2 aromatic rings. The standard InChI is InChI=1S/C14H15F3N4O2/c1-8-12(23-7-18-8)13(22)21-4-2-3-9(6-21)10-5-11(20-19-10)14(15,16)17/h5,7,9H,2-4,6H2,1H3,(H,19,20). The smallest absolute Gasteiger partial charge is 0.435 e. The van der Waals surface area contributed by atoms with Crippen LogP contribution in [0.2, 0.25) is 0 Å². The van der Waals surface area contributed by atoms with E-state index in [2.05, 4.69) is 15.2 Å². The van der Waals surface area contributed by atoms with Gasteiger partial charge in [0.05, 0.1) is 5.69 Å². The molecule has 1 amide bonds. The summed E-state index contributed by atoms with van der Waals surface area (Å²) in [6.07, 6.45) is -1.88. The van der Waals surface area contributed by atoms with E-state index in [1.807, 2.05) is 0 Å². The molecule has 0 radical (unpaired) electrons. The summed E-state index contributed by atoms with van der Waals surface area (Å²) in [5.74, 6) is -0.328. The van der Waals surface area contributed by atoms with Gasteiger partial charge in [-0.1, -0.05) is 0 Å². The largest absolute Gasteiger partial charge is 0.438 e. The Balaban J connectivity index is 1.75. The minimum Gasteiger partial charge on any atom is -0.438 e. The lowest BCUT2D eigenvalue weighted by molar-refractivity contribution is -0.141. The van der Waals surface area contributed by atoms with Crippen LogP contribution in [-0.2, 0) is 6.18 Å². The highest BCUT2D eigenvalue weighted by molar-refractivity contribution is 5.92. The first-order chi connectivity index (χ1) is 10.9. The van der Waals surface area contributed by atoms with E-state index in [-0.39, 0.29) is 17.6 Å². The third-order valence-electron chi connectivity index (χ3n) is 3.98. The molecule has 1 N–H and O–H groups in total. The van der Waals surface area contributed by atoms with Gasteiger partial charge in [-0.3, -0.25) is 9.89 Å². The molecular formula is C14H15F3N4O2. The van der Waals surface area contributed by atoms with Crippen LogP contribution in [-0.4, -0.2) is 39.1 Å². The van der Waals surface area contributed by atoms with Gasteiger partial charge >= 0.3 is 6.18 Å². The molecule has 0 bridgehead atoms. The lowest BCUT2D eigenvalue weighted by Crippen LogP contribution is -2.39. The van der Waals surface area contributed by atoms with Crippen molar-refractivity contribution in [1.82, 2.24) is 20.1 Å². The van der Waals surface area contributed by atoms with Crippen LogP contribution in [0.5, 0.6) is 0 Å². The number of aromatic nitrogens is 3. The third-order valence-corrected chi connectivity index (χ3v) is 3.98. The monoisotopic (exact) mass is 328 g/mol. The Morgan fingerprint density at radius 2 is 2.26 bits per heavy atom. The summed E-state index contributed by atoms with van der Waals surface area (Å²) in [5, 5.41) is 5.76. The van der Waals surface area contributed by atoms with Crippen molar-refractivity contribution in [3.05, 3.63) is 35.3 Å². The third kappa shape index (κ3) is 3.08. The number of aryl methyl sites for hydroxylation is 1. The Labute approximate surface area is 129 Å². The first-order valence-electron chi connectivity index (χ1n) is 7.18. The molecule has 9 heteroatoms. The zero-order chi connectivity index (χ0) is 16.6. The molecule has 23 heavy (non-hydrogen) atoms. The van der Waals surface area contributed by atoms with E-state index in [9.17, 15) is 18.0 Å². The summed E-state index contributed by atoms with van der Waals surface area (Å²) >= 11 is 0. The van der Waals surface area contributed by atoms with Gasteiger partial charge in [0.2, 0.25) is 5.76 Å². The molecule has 0 aliphatic carbocycles. The Morgan fingerprint density at radius 3 is 2.87 bits per heavy atom. The Kier molecular flexibility index (Phi) is 3.87. The summed E-state index contributed by atoms with van der Waals surface area (Å²) in [6, 6.07) is 1.01. The van der Waals surface area contributed by atoms with E-state index in [4.69, 9.17) is 4.42 Å². The molecule has 1 aliphatic heterocycles. The number of piperidine rings is 1. The molecule has 3 heterocycles. The van der Waals surface area contributed by atoms with Gasteiger partial charge in [0.1, 0.15) is 0 Å². The molecule has 0 saturated carbocycles. The fourth-order valence-electron chi connectivity index (χ4n) is 2.76. The van der Waals surface area contributed by atoms with Gasteiger partial charge in [-0.25, -0.2) is 4.98 Å². The number of carbonyl (C=O) groups is 1. The maximum Gasteiger partial charge on any atom is 0.435 e. The molecule has 124 valence electrons. The van der Waals surface area contributed by atoms with Crippen LogP contribution in [0, 0.1) is 6.92 Å². The molecule has 1 atom stereocenters. The van der Waals surface area contributed by atoms with E-state index in [0.29, 0.717) is 37.3 Å². The van der Waals surface area contributed by atoms with Crippen molar-refractivity contribution in [3.8, 4) is 0 Å². The molecule has 1 saturated heterocycles. The Morgan fingerprint density at radius 1 is 1.48 bits per heavy atom. The Hall–Kier alpha value is -2.32. The van der Waals surface area contributed by atoms with Crippen molar-refractivity contribution in [2.75, 3.05) is 13.1 Å². The normalized spacial score (nSPS) is 19.1. The van der Waals surface area contributed by atoms with Crippen LogP contribution in [0.25, 0.3) is 0 Å². The first kappa shape index (κ1) is 15.6. The zero-order valence-electron chi connectivity index (χ0n) is 12.4. The number of nitrogens with zero attached hydrogens (tertiary/aromatic N) is 3. The SMILES string of the molecule is Cc1ncoc1C(=O)N1CCCC(c2cc(C(F)(F)F)n[nH]2)C1. The molecule has 6 nitrogen and oxygen atoms in total. The van der Waals surface area contributed by atoms with Gasteiger partial charge in [0, 0.05) is 24.7 Å². The molecule has 1 aliphatic rings.